The summed E-state index contributed by atoms with van der Waals surface area (Å²) in [4.78, 5) is 18.1. The molecule has 4 aromatic rings. The number of rotatable bonds is 4. The lowest BCUT2D eigenvalue weighted by atomic mass is 9.95. The molecule has 0 aliphatic carbocycles. The van der Waals surface area contributed by atoms with Crippen LogP contribution in [0.2, 0.25) is 10.0 Å². The van der Waals surface area contributed by atoms with Gasteiger partial charge in [-0.2, -0.15) is 4.98 Å². The fourth-order valence-corrected chi connectivity index (χ4v) is 4.41. The number of fused-ring (bicyclic) bond motifs is 1. The smallest absolute Gasteiger partial charge is 0.255 e. The largest absolute Gasteiger partial charge is 0.508 e. The number of halogens is 2. The van der Waals surface area contributed by atoms with Crippen LogP contribution < -0.4 is 10.6 Å². The number of aromatic nitrogens is 3. The van der Waals surface area contributed by atoms with E-state index in [0.29, 0.717) is 44.3 Å². The maximum atomic E-state index is 13.5. The van der Waals surface area contributed by atoms with Crippen LogP contribution in [0.5, 0.6) is 5.75 Å². The number of carbonyl (C=O) groups excluding carboxylic acids is 1. The maximum absolute atomic E-state index is 13.5. The Morgan fingerprint density at radius 2 is 1.79 bits per heavy atom. The average Bonchev–Trinajstić information content (AvgIpc) is 3.22. The van der Waals surface area contributed by atoms with Gasteiger partial charge in [0.25, 0.3) is 5.91 Å². The number of allylic oxidation sites excluding steroid dienone is 1. The van der Waals surface area contributed by atoms with Gasteiger partial charge < -0.3 is 15.7 Å². The Hall–Kier alpha value is -3.81. The van der Waals surface area contributed by atoms with Gasteiger partial charge in [-0.1, -0.05) is 53.5 Å². The molecule has 0 spiro atoms. The molecule has 34 heavy (non-hydrogen) atoms. The van der Waals surface area contributed by atoms with E-state index >= 15 is 0 Å². The number of carbonyl (C=O) groups is 1. The molecule has 0 bridgehead atoms. The molecule has 0 saturated heterocycles. The zero-order chi connectivity index (χ0) is 23.8. The summed E-state index contributed by atoms with van der Waals surface area (Å²) >= 11 is 12.4. The molecule has 1 aliphatic rings. The molecule has 1 amide bonds. The molecule has 1 aliphatic heterocycles. The van der Waals surface area contributed by atoms with E-state index in [-0.39, 0.29) is 11.7 Å². The molecule has 0 unspecified atom stereocenters. The summed E-state index contributed by atoms with van der Waals surface area (Å²) in [5.74, 6) is 0.709. The molecule has 0 fully saturated rings. The highest BCUT2D eigenvalue weighted by atomic mass is 35.5. The lowest BCUT2D eigenvalue weighted by Crippen LogP contribution is -2.31. The number of aromatic hydroxyl groups is 1. The highest BCUT2D eigenvalue weighted by Gasteiger charge is 2.34. The van der Waals surface area contributed by atoms with Crippen molar-refractivity contribution in [3.05, 3.63) is 99.7 Å². The number of nitrogens with zero attached hydrogens (tertiary/aromatic N) is 3. The van der Waals surface area contributed by atoms with Crippen LogP contribution in [-0.2, 0) is 4.79 Å². The van der Waals surface area contributed by atoms with E-state index in [9.17, 15) is 9.90 Å². The summed E-state index contributed by atoms with van der Waals surface area (Å²) in [5.41, 5.74) is 3.17. The third-order valence-corrected chi connectivity index (χ3v) is 6.06. The normalized spacial score (nSPS) is 15.0. The third kappa shape index (κ3) is 4.11. The first kappa shape index (κ1) is 22.0. The molecular formula is C25H19Cl2N5O2. The van der Waals surface area contributed by atoms with E-state index in [1.165, 1.54) is 0 Å². The minimum atomic E-state index is -0.590. The average molecular weight is 492 g/mol. The van der Waals surface area contributed by atoms with Gasteiger partial charge in [-0.25, -0.2) is 4.68 Å². The molecule has 0 saturated carbocycles. The second-order valence-corrected chi connectivity index (χ2v) is 8.65. The van der Waals surface area contributed by atoms with E-state index in [1.54, 1.807) is 47.1 Å². The summed E-state index contributed by atoms with van der Waals surface area (Å²) in [6.45, 7) is 1.82. The predicted octanol–water partition coefficient (Wildman–Crippen LogP) is 5.89. The van der Waals surface area contributed by atoms with Crippen molar-refractivity contribution in [3.8, 4) is 17.1 Å². The molecule has 7 nitrogen and oxygen atoms in total. The Balaban J connectivity index is 1.61. The van der Waals surface area contributed by atoms with Gasteiger partial charge in [0.1, 0.15) is 11.8 Å². The highest BCUT2D eigenvalue weighted by Crippen LogP contribution is 2.38. The number of benzene rings is 3. The molecule has 170 valence electrons. The van der Waals surface area contributed by atoms with Gasteiger partial charge in [-0.3, -0.25) is 4.79 Å². The van der Waals surface area contributed by atoms with Crippen LogP contribution in [0.1, 0.15) is 18.5 Å². The van der Waals surface area contributed by atoms with E-state index in [1.807, 2.05) is 37.3 Å². The van der Waals surface area contributed by atoms with Gasteiger partial charge in [0.15, 0.2) is 5.82 Å². The number of nitrogens with one attached hydrogen (secondary N) is 2. The van der Waals surface area contributed by atoms with Crippen LogP contribution >= 0.6 is 23.2 Å². The van der Waals surface area contributed by atoms with Crippen molar-refractivity contribution >= 4 is 40.7 Å². The fourth-order valence-electron chi connectivity index (χ4n) is 3.91. The fraction of sp³-hybridized carbons (Fsp3) is 0.0800. The topological polar surface area (TPSA) is 92.1 Å². The van der Waals surface area contributed by atoms with Crippen molar-refractivity contribution in [3.63, 3.8) is 0 Å². The summed E-state index contributed by atoms with van der Waals surface area (Å²) in [5, 5.41) is 21.6. The minimum absolute atomic E-state index is 0.126. The minimum Gasteiger partial charge on any atom is -0.508 e. The summed E-state index contributed by atoms with van der Waals surface area (Å²) in [6.07, 6.45) is 0. The first-order valence-corrected chi connectivity index (χ1v) is 11.2. The van der Waals surface area contributed by atoms with Crippen molar-refractivity contribution < 1.29 is 9.90 Å². The van der Waals surface area contributed by atoms with Gasteiger partial charge in [0.2, 0.25) is 5.95 Å². The third-order valence-electron chi connectivity index (χ3n) is 5.51. The van der Waals surface area contributed by atoms with Crippen LogP contribution in [0, 0.1) is 0 Å². The number of phenols is 1. The molecule has 5 rings (SSSR count). The van der Waals surface area contributed by atoms with E-state index in [2.05, 4.69) is 15.6 Å². The lowest BCUT2D eigenvalue weighted by molar-refractivity contribution is -0.113. The van der Waals surface area contributed by atoms with Gasteiger partial charge in [-0.15, -0.1) is 5.10 Å². The molecule has 3 aromatic carbocycles. The number of hydrogen-bond acceptors (Lipinski definition) is 5. The van der Waals surface area contributed by atoms with Crippen LogP contribution in [0.15, 0.2) is 84.1 Å². The molecule has 1 aromatic heterocycles. The second kappa shape index (κ2) is 8.85. The van der Waals surface area contributed by atoms with Crippen LogP contribution in [0.25, 0.3) is 11.4 Å². The Bertz CT molecular complexity index is 1420. The van der Waals surface area contributed by atoms with Crippen LogP contribution in [0.4, 0.5) is 11.6 Å². The Kier molecular flexibility index (Phi) is 5.73. The van der Waals surface area contributed by atoms with Gasteiger partial charge >= 0.3 is 0 Å². The quantitative estimate of drug-likeness (QED) is 0.331. The van der Waals surface area contributed by atoms with Gasteiger partial charge in [0.05, 0.1) is 10.6 Å². The number of para-hydroxylation sites is 1. The molecule has 2 heterocycles. The van der Waals surface area contributed by atoms with E-state index in [0.717, 1.165) is 5.56 Å². The number of phenolic OH excluding ortho intramolecular Hbond substituents is 1. The van der Waals surface area contributed by atoms with Crippen molar-refractivity contribution in [1.29, 1.82) is 0 Å². The van der Waals surface area contributed by atoms with E-state index < -0.39 is 6.04 Å². The number of anilines is 2. The predicted molar refractivity (Wildman–Crippen MR) is 133 cm³/mol. The van der Waals surface area contributed by atoms with Gasteiger partial charge in [-0.05, 0) is 55.0 Å². The summed E-state index contributed by atoms with van der Waals surface area (Å²) < 4.78 is 1.65. The number of hydrogen-bond donors (Lipinski definition) is 3. The van der Waals surface area contributed by atoms with Crippen molar-refractivity contribution in [1.82, 2.24) is 14.8 Å². The first-order chi connectivity index (χ1) is 16.4. The van der Waals surface area contributed by atoms with Gasteiger partial charge in [0, 0.05) is 22.0 Å². The Labute approximate surface area is 205 Å². The van der Waals surface area contributed by atoms with Crippen LogP contribution in [-0.4, -0.2) is 25.8 Å². The second-order valence-electron chi connectivity index (χ2n) is 7.81. The molecule has 9 heteroatoms. The summed E-state index contributed by atoms with van der Waals surface area (Å²) in [7, 11) is 0. The molecule has 3 N–H and O–H groups in total. The van der Waals surface area contributed by atoms with Crippen LogP contribution in [0.3, 0.4) is 0 Å². The van der Waals surface area contributed by atoms with Crippen molar-refractivity contribution in [2.75, 3.05) is 10.6 Å². The van der Waals surface area contributed by atoms with Crippen molar-refractivity contribution in [2.45, 2.75) is 13.0 Å². The highest BCUT2D eigenvalue weighted by molar-refractivity contribution is 6.36. The lowest BCUT2D eigenvalue weighted by Gasteiger charge is -2.28. The summed E-state index contributed by atoms with van der Waals surface area (Å²) in [6, 6.07) is 20.4. The number of amides is 1. The first-order valence-electron chi connectivity index (χ1n) is 10.5. The molecule has 1 atom stereocenters. The monoisotopic (exact) mass is 491 g/mol. The zero-order valence-corrected chi connectivity index (χ0v) is 19.5. The molecular weight excluding hydrogens is 473 g/mol. The zero-order valence-electron chi connectivity index (χ0n) is 18.0. The molecule has 0 radical (unpaired) electrons. The standard InChI is InChI=1S/C25H19Cl2N5O2/c1-14-21(24(34)29-17-5-3-2-4-6-17)22(15-7-10-18(33)11-8-15)32-25(28-14)30-23(31-32)19-12-9-16(26)13-20(19)27/h2-13,22,33H,1H3,(H,29,34)(H,28,30,31)/t22-/m0/s1. The maximum Gasteiger partial charge on any atom is 0.255 e. The SMILES string of the molecule is CC1=C(C(=O)Nc2ccccc2)[C@H](c2ccc(O)cc2)n2nc(-c3ccc(Cl)cc3Cl)nc2N1. The van der Waals surface area contributed by atoms with Crippen molar-refractivity contribution in [2.24, 2.45) is 0 Å². The van der Waals surface area contributed by atoms with E-state index in [4.69, 9.17) is 28.3 Å². The Morgan fingerprint density at radius 3 is 2.50 bits per heavy atom. The Morgan fingerprint density at radius 1 is 1.06 bits per heavy atom.